The smallest absolute Gasteiger partial charge is 0.191 e. The average Bonchev–Trinajstić information content (AvgIpc) is 2.64. The van der Waals surface area contributed by atoms with E-state index < -0.39 is 5.82 Å². The topological polar surface area (TPSA) is 67.8 Å². The Labute approximate surface area is 147 Å². The highest BCUT2D eigenvalue weighted by molar-refractivity contribution is 5.79. The third kappa shape index (κ3) is 6.39. The molecule has 2 rings (SSSR count). The first-order valence-electron chi connectivity index (χ1n) is 8.02. The van der Waals surface area contributed by atoms with Crippen LogP contribution in [0.3, 0.4) is 0 Å². The van der Waals surface area contributed by atoms with E-state index in [9.17, 15) is 4.39 Å². The van der Waals surface area contributed by atoms with Crippen molar-refractivity contribution in [3.63, 3.8) is 0 Å². The lowest BCUT2D eigenvalue weighted by Gasteiger charge is -2.12. The first-order chi connectivity index (χ1) is 12.2. The van der Waals surface area contributed by atoms with Gasteiger partial charge in [-0.25, -0.2) is 4.39 Å². The fourth-order valence-electron chi connectivity index (χ4n) is 2.10. The van der Waals surface area contributed by atoms with Gasteiger partial charge in [0.25, 0.3) is 0 Å². The second-order valence-corrected chi connectivity index (χ2v) is 5.25. The summed E-state index contributed by atoms with van der Waals surface area (Å²) in [6.07, 6.45) is 4.05. The number of hydrogen-bond donors (Lipinski definition) is 2. The number of benzene rings is 1. The number of halogens is 1. The lowest BCUT2D eigenvalue weighted by molar-refractivity contribution is 0.195. The minimum atomic E-state index is -0.425. The molecule has 134 valence electrons. The van der Waals surface area contributed by atoms with Gasteiger partial charge in [-0.2, -0.15) is 0 Å². The van der Waals surface area contributed by atoms with Crippen LogP contribution in [0.25, 0.3) is 0 Å². The van der Waals surface area contributed by atoms with Crippen LogP contribution < -0.4 is 15.4 Å². The Morgan fingerprint density at radius 2 is 2.16 bits per heavy atom. The van der Waals surface area contributed by atoms with Crippen LogP contribution in [0.1, 0.15) is 12.0 Å². The van der Waals surface area contributed by atoms with Gasteiger partial charge in [-0.1, -0.05) is 6.07 Å². The zero-order valence-corrected chi connectivity index (χ0v) is 14.5. The summed E-state index contributed by atoms with van der Waals surface area (Å²) in [6, 6.07) is 8.31. The van der Waals surface area contributed by atoms with Gasteiger partial charge < -0.3 is 20.1 Å². The largest absolute Gasteiger partial charge is 0.453 e. The molecule has 0 aliphatic rings. The molecule has 0 saturated heterocycles. The number of aliphatic imine (C=N–C) groups is 1. The van der Waals surface area contributed by atoms with E-state index in [-0.39, 0.29) is 5.75 Å². The summed E-state index contributed by atoms with van der Waals surface area (Å²) in [4.78, 5) is 8.06. The molecule has 25 heavy (non-hydrogen) atoms. The molecule has 0 radical (unpaired) electrons. The molecule has 0 saturated carbocycles. The second kappa shape index (κ2) is 10.2. The van der Waals surface area contributed by atoms with Crippen LogP contribution in [0, 0.1) is 5.82 Å². The van der Waals surface area contributed by atoms with Crippen molar-refractivity contribution in [1.29, 1.82) is 0 Å². The molecule has 0 spiro atoms. The number of nitrogens with one attached hydrogen (secondary N) is 2. The lowest BCUT2D eigenvalue weighted by Crippen LogP contribution is -2.37. The van der Waals surface area contributed by atoms with Crippen LogP contribution in [0.5, 0.6) is 11.5 Å². The predicted octanol–water partition coefficient (Wildman–Crippen LogP) is 2.71. The minimum absolute atomic E-state index is 0.166. The third-order valence-corrected chi connectivity index (χ3v) is 3.36. The van der Waals surface area contributed by atoms with Gasteiger partial charge in [-0.15, -0.1) is 0 Å². The summed E-state index contributed by atoms with van der Waals surface area (Å²) >= 11 is 0. The molecular weight excluding hydrogens is 323 g/mol. The molecule has 0 amide bonds. The van der Waals surface area contributed by atoms with Crippen LogP contribution in [-0.4, -0.2) is 38.3 Å². The number of pyridine rings is 1. The quantitative estimate of drug-likeness (QED) is 0.437. The summed E-state index contributed by atoms with van der Waals surface area (Å²) < 4.78 is 24.7. The van der Waals surface area contributed by atoms with E-state index in [4.69, 9.17) is 9.47 Å². The Bertz CT molecular complexity index is 680. The molecular formula is C18H23FN4O2. The zero-order valence-electron chi connectivity index (χ0n) is 14.5. The van der Waals surface area contributed by atoms with Crippen LogP contribution in [0.4, 0.5) is 4.39 Å². The highest BCUT2D eigenvalue weighted by Crippen LogP contribution is 2.24. The van der Waals surface area contributed by atoms with Crippen molar-refractivity contribution in [3.8, 4) is 11.5 Å². The van der Waals surface area contributed by atoms with Crippen LogP contribution in [0.2, 0.25) is 0 Å². The molecule has 0 aliphatic carbocycles. The number of guanidine groups is 1. The SMILES string of the molecule is CN=C(NCCCOC)NCc1ccc(Oc2cccnc2)c(F)c1. The monoisotopic (exact) mass is 346 g/mol. The van der Waals surface area contributed by atoms with Crippen molar-refractivity contribution in [2.45, 2.75) is 13.0 Å². The number of methoxy groups -OCH3 is 1. The maximum Gasteiger partial charge on any atom is 0.191 e. The van der Waals surface area contributed by atoms with Crippen LogP contribution in [0.15, 0.2) is 47.7 Å². The van der Waals surface area contributed by atoms with Crippen molar-refractivity contribution in [2.24, 2.45) is 4.99 Å². The highest BCUT2D eigenvalue weighted by Gasteiger charge is 2.07. The number of rotatable bonds is 8. The molecule has 1 aromatic carbocycles. The van der Waals surface area contributed by atoms with E-state index in [0.717, 1.165) is 18.5 Å². The maximum absolute atomic E-state index is 14.2. The highest BCUT2D eigenvalue weighted by atomic mass is 19.1. The van der Waals surface area contributed by atoms with Gasteiger partial charge in [0.15, 0.2) is 17.5 Å². The van der Waals surface area contributed by atoms with E-state index in [1.807, 2.05) is 0 Å². The molecule has 2 aromatic rings. The van der Waals surface area contributed by atoms with Crippen LogP contribution in [-0.2, 0) is 11.3 Å². The molecule has 0 fully saturated rings. The van der Waals surface area contributed by atoms with Gasteiger partial charge >= 0.3 is 0 Å². The molecule has 2 N–H and O–H groups in total. The summed E-state index contributed by atoms with van der Waals surface area (Å²) in [7, 11) is 3.36. The van der Waals surface area contributed by atoms with Gasteiger partial charge in [0.1, 0.15) is 5.75 Å². The molecule has 1 aromatic heterocycles. The zero-order chi connectivity index (χ0) is 17.9. The molecule has 0 unspecified atom stereocenters. The van der Waals surface area contributed by atoms with Gasteiger partial charge in [0.05, 0.1) is 6.20 Å². The van der Waals surface area contributed by atoms with Gasteiger partial charge in [0.2, 0.25) is 0 Å². The van der Waals surface area contributed by atoms with E-state index in [1.54, 1.807) is 44.6 Å². The predicted molar refractivity (Wildman–Crippen MR) is 95.4 cm³/mol. The summed E-state index contributed by atoms with van der Waals surface area (Å²) in [6.45, 7) is 1.89. The maximum atomic E-state index is 14.2. The summed E-state index contributed by atoms with van der Waals surface area (Å²) in [5.74, 6) is 0.894. The van der Waals surface area contributed by atoms with Crippen molar-refractivity contribution >= 4 is 5.96 Å². The van der Waals surface area contributed by atoms with Crippen molar-refractivity contribution in [3.05, 3.63) is 54.1 Å². The second-order valence-electron chi connectivity index (χ2n) is 5.25. The Kier molecular flexibility index (Phi) is 7.65. The van der Waals surface area contributed by atoms with Gasteiger partial charge in [-0.05, 0) is 36.2 Å². The van der Waals surface area contributed by atoms with E-state index in [1.165, 1.54) is 12.3 Å². The lowest BCUT2D eigenvalue weighted by atomic mass is 10.2. The van der Waals surface area contributed by atoms with Crippen molar-refractivity contribution in [1.82, 2.24) is 15.6 Å². The fraction of sp³-hybridized carbons (Fsp3) is 0.333. The molecule has 7 heteroatoms. The van der Waals surface area contributed by atoms with E-state index in [2.05, 4.69) is 20.6 Å². The van der Waals surface area contributed by atoms with Crippen LogP contribution >= 0.6 is 0 Å². The van der Waals surface area contributed by atoms with Gasteiger partial charge in [0, 0.05) is 40.1 Å². The molecule has 0 atom stereocenters. The Morgan fingerprint density at radius 3 is 2.84 bits per heavy atom. The number of hydrogen-bond acceptors (Lipinski definition) is 4. The molecule has 0 bridgehead atoms. The Hall–Kier alpha value is -2.67. The van der Waals surface area contributed by atoms with E-state index in [0.29, 0.717) is 24.9 Å². The summed E-state index contributed by atoms with van der Waals surface area (Å²) in [5, 5.41) is 6.31. The molecule has 1 heterocycles. The van der Waals surface area contributed by atoms with Gasteiger partial charge in [-0.3, -0.25) is 9.98 Å². The molecule has 0 aliphatic heterocycles. The van der Waals surface area contributed by atoms with Crippen molar-refractivity contribution in [2.75, 3.05) is 27.3 Å². The van der Waals surface area contributed by atoms with Crippen molar-refractivity contribution < 1.29 is 13.9 Å². The number of nitrogens with zero attached hydrogens (tertiary/aromatic N) is 2. The molecule has 6 nitrogen and oxygen atoms in total. The first kappa shape index (κ1) is 18.7. The summed E-state index contributed by atoms with van der Waals surface area (Å²) in [5.41, 5.74) is 0.788. The average molecular weight is 346 g/mol. The first-order valence-corrected chi connectivity index (χ1v) is 8.02. The number of ether oxygens (including phenoxy) is 2. The standard InChI is InChI=1S/C18H23FN4O2/c1-20-18(22-9-4-10-24-2)23-12-14-6-7-17(16(19)11-14)25-15-5-3-8-21-13-15/h3,5-8,11,13H,4,9-10,12H2,1-2H3,(H2,20,22,23). The Balaban J connectivity index is 1.87. The Morgan fingerprint density at radius 1 is 1.28 bits per heavy atom. The third-order valence-electron chi connectivity index (χ3n) is 3.36. The minimum Gasteiger partial charge on any atom is -0.453 e. The fourth-order valence-corrected chi connectivity index (χ4v) is 2.10. The number of aromatic nitrogens is 1. The van der Waals surface area contributed by atoms with E-state index >= 15 is 0 Å². The normalized spacial score (nSPS) is 11.2.